The zero-order valence-electron chi connectivity index (χ0n) is 29.8. The molecule has 1 aliphatic heterocycles. The summed E-state index contributed by atoms with van der Waals surface area (Å²) in [5.74, 6) is -1.47. The minimum Gasteiger partial charge on any atom is -0.365 e. The van der Waals surface area contributed by atoms with Crippen molar-refractivity contribution in [2.75, 3.05) is 33.9 Å². The van der Waals surface area contributed by atoms with E-state index in [0.717, 1.165) is 12.4 Å². The monoisotopic (exact) mass is 786 g/mol. The summed E-state index contributed by atoms with van der Waals surface area (Å²) in [6, 6.07) is 12.5. The summed E-state index contributed by atoms with van der Waals surface area (Å²) >= 11 is 0. The van der Waals surface area contributed by atoms with E-state index in [0.29, 0.717) is 33.8 Å². The molecular weight excluding hydrogens is 752 g/mol. The predicted octanol–water partition coefficient (Wildman–Crippen LogP) is 8.16. The molecule has 0 amide bonds. The third kappa shape index (κ3) is 9.77. The fourth-order valence-corrected chi connectivity index (χ4v) is 5.71. The first kappa shape index (κ1) is 39.6. The average molecular weight is 787 g/mol. The number of fused-ring (bicyclic) bond motifs is 2. The van der Waals surface area contributed by atoms with Crippen LogP contribution in [0.4, 0.5) is 58.7 Å². The van der Waals surface area contributed by atoms with Crippen molar-refractivity contribution in [3.8, 4) is 0 Å². The molecule has 12 nitrogen and oxygen atoms in total. The second kappa shape index (κ2) is 16.3. The molecule has 7 rings (SSSR count). The van der Waals surface area contributed by atoms with Gasteiger partial charge in [-0.3, -0.25) is 9.97 Å². The van der Waals surface area contributed by atoms with Crippen molar-refractivity contribution in [2.45, 2.75) is 64.1 Å². The van der Waals surface area contributed by atoms with Crippen LogP contribution >= 0.6 is 0 Å². The topological polar surface area (TPSA) is 142 Å². The molecular formula is C36H34F8N12. The highest BCUT2D eigenvalue weighted by molar-refractivity contribution is 5.88. The fourth-order valence-electron chi connectivity index (χ4n) is 5.71. The van der Waals surface area contributed by atoms with Crippen LogP contribution in [-0.2, 0) is 25.4 Å². The van der Waals surface area contributed by atoms with Crippen molar-refractivity contribution < 1.29 is 35.1 Å². The minimum atomic E-state index is -4.59. The van der Waals surface area contributed by atoms with E-state index in [1.165, 1.54) is 30.5 Å². The molecule has 1 aliphatic rings. The maximum absolute atomic E-state index is 13.5. The quantitative estimate of drug-likeness (QED) is 0.122. The van der Waals surface area contributed by atoms with Crippen molar-refractivity contribution >= 4 is 45.6 Å². The summed E-state index contributed by atoms with van der Waals surface area (Å²) in [4.78, 5) is 34.3. The van der Waals surface area contributed by atoms with Gasteiger partial charge in [0.05, 0.1) is 10.8 Å². The molecule has 7 heterocycles. The molecule has 1 saturated heterocycles. The molecule has 0 atom stereocenters. The summed E-state index contributed by atoms with van der Waals surface area (Å²) in [7, 11) is 0. The summed E-state index contributed by atoms with van der Waals surface area (Å²) in [6.07, 6.45) is -4.40. The number of piperidine rings is 1. The lowest BCUT2D eigenvalue weighted by atomic mass is 10.1. The van der Waals surface area contributed by atoms with Crippen molar-refractivity contribution in [2.24, 2.45) is 0 Å². The van der Waals surface area contributed by atoms with Gasteiger partial charge >= 0.3 is 12.4 Å². The molecule has 3 N–H and O–H groups in total. The Hall–Kier alpha value is -6.08. The van der Waals surface area contributed by atoms with Gasteiger partial charge in [0.15, 0.2) is 11.3 Å². The summed E-state index contributed by atoms with van der Waals surface area (Å²) in [5, 5.41) is 10.1. The smallest absolute Gasteiger partial charge is 0.365 e. The summed E-state index contributed by atoms with van der Waals surface area (Å²) < 4.78 is 106. The Labute approximate surface area is 314 Å². The van der Waals surface area contributed by atoms with Gasteiger partial charge in [-0.2, -0.15) is 46.3 Å². The summed E-state index contributed by atoms with van der Waals surface area (Å²) in [5.41, 5.74) is -1.12. The predicted molar refractivity (Wildman–Crippen MR) is 193 cm³/mol. The highest BCUT2D eigenvalue weighted by atomic mass is 19.4. The van der Waals surface area contributed by atoms with Crippen LogP contribution in [0.1, 0.15) is 49.2 Å². The molecule has 56 heavy (non-hydrogen) atoms. The molecule has 0 unspecified atom stereocenters. The van der Waals surface area contributed by atoms with Crippen molar-refractivity contribution in [3.63, 3.8) is 0 Å². The SMILES string of the molecule is CC(C)Nc1nc(NCc2cccnc2C(F)(F)F)c2cccnc2n1.FC1(F)CCN(c2nc(NCc3cccnc3C(F)(F)F)c3cccnc3n2)CC1. The first-order valence-electron chi connectivity index (χ1n) is 17.2. The lowest BCUT2D eigenvalue weighted by molar-refractivity contribution is -0.142. The van der Waals surface area contributed by atoms with Crippen LogP contribution in [0.15, 0.2) is 73.3 Å². The van der Waals surface area contributed by atoms with E-state index in [2.05, 4.69) is 55.8 Å². The number of hydrogen-bond donors (Lipinski definition) is 3. The van der Waals surface area contributed by atoms with E-state index in [-0.39, 0.29) is 68.0 Å². The number of halogens is 8. The van der Waals surface area contributed by atoms with E-state index < -0.39 is 29.7 Å². The Morgan fingerprint density at radius 3 is 1.61 bits per heavy atom. The van der Waals surface area contributed by atoms with Gasteiger partial charge in [0.1, 0.15) is 23.0 Å². The van der Waals surface area contributed by atoms with Crippen LogP contribution in [0.25, 0.3) is 22.1 Å². The highest BCUT2D eigenvalue weighted by Gasteiger charge is 2.37. The molecule has 0 radical (unpaired) electrons. The number of hydrogen-bond acceptors (Lipinski definition) is 12. The van der Waals surface area contributed by atoms with Gasteiger partial charge in [0.2, 0.25) is 11.9 Å². The van der Waals surface area contributed by atoms with Crippen molar-refractivity contribution in [1.82, 2.24) is 39.9 Å². The third-order valence-corrected chi connectivity index (χ3v) is 8.34. The van der Waals surface area contributed by atoms with E-state index in [4.69, 9.17) is 0 Å². The van der Waals surface area contributed by atoms with E-state index in [1.54, 1.807) is 35.4 Å². The van der Waals surface area contributed by atoms with Crippen LogP contribution in [0.3, 0.4) is 0 Å². The van der Waals surface area contributed by atoms with E-state index in [9.17, 15) is 35.1 Å². The Kier molecular flexibility index (Phi) is 11.6. The normalized spacial score (nSPS) is 14.4. The van der Waals surface area contributed by atoms with Gasteiger partial charge in [-0.25, -0.2) is 18.7 Å². The molecule has 20 heteroatoms. The highest BCUT2D eigenvalue weighted by Crippen LogP contribution is 2.33. The number of anilines is 4. The van der Waals surface area contributed by atoms with Gasteiger partial charge in [-0.1, -0.05) is 12.1 Å². The van der Waals surface area contributed by atoms with Crippen LogP contribution in [0.2, 0.25) is 0 Å². The van der Waals surface area contributed by atoms with E-state index >= 15 is 0 Å². The Morgan fingerprint density at radius 2 is 1.11 bits per heavy atom. The molecule has 0 spiro atoms. The molecule has 0 saturated carbocycles. The second-order valence-electron chi connectivity index (χ2n) is 12.9. The van der Waals surface area contributed by atoms with Gasteiger partial charge < -0.3 is 20.9 Å². The van der Waals surface area contributed by atoms with Crippen LogP contribution in [0.5, 0.6) is 0 Å². The molecule has 1 fully saturated rings. The lowest BCUT2D eigenvalue weighted by Crippen LogP contribution is -2.40. The van der Waals surface area contributed by atoms with Crippen LogP contribution in [0, 0.1) is 0 Å². The number of pyridine rings is 4. The van der Waals surface area contributed by atoms with E-state index in [1.807, 2.05) is 13.8 Å². The second-order valence-corrected chi connectivity index (χ2v) is 12.9. The lowest BCUT2D eigenvalue weighted by Gasteiger charge is -2.31. The van der Waals surface area contributed by atoms with Gasteiger partial charge in [-0.15, -0.1) is 0 Å². The Morgan fingerprint density at radius 1 is 0.643 bits per heavy atom. The Bertz CT molecular complexity index is 2270. The van der Waals surface area contributed by atoms with Crippen molar-refractivity contribution in [1.29, 1.82) is 0 Å². The third-order valence-electron chi connectivity index (χ3n) is 8.34. The molecule has 6 aromatic heterocycles. The zero-order chi connectivity index (χ0) is 40.1. The fraction of sp³-hybridized carbons (Fsp3) is 0.333. The minimum absolute atomic E-state index is 0.0361. The first-order chi connectivity index (χ1) is 26.6. The maximum atomic E-state index is 13.5. The molecule has 6 aromatic rings. The van der Waals surface area contributed by atoms with Crippen molar-refractivity contribution in [3.05, 3.63) is 95.8 Å². The standard InChI is InChI=1S/C19H17F5N6.C17H17F3N6/c20-18(21)5-9-30(10-6-18)17-28-15-13(4-2-8-26-15)16(29-17)27-11-12-3-1-7-25-14(12)19(22,23)24;1-10(2)24-16-25-14-12(6-4-8-22-14)15(26-16)23-9-11-5-3-7-21-13(11)17(18,19)20/h1-4,7-8H,5-6,9-11H2,(H,26,27,28,29);3-8,10H,9H2,1-2H3,(H2,22,23,24,25,26). The largest absolute Gasteiger partial charge is 0.433 e. The molecule has 0 bridgehead atoms. The van der Waals surface area contributed by atoms with Gasteiger partial charge in [0, 0.05) is 81.0 Å². The number of aromatic nitrogens is 8. The van der Waals surface area contributed by atoms with Crippen LogP contribution < -0.4 is 20.9 Å². The molecule has 0 aliphatic carbocycles. The number of nitrogens with one attached hydrogen (secondary N) is 3. The number of alkyl halides is 8. The number of nitrogens with zero attached hydrogens (tertiary/aromatic N) is 9. The molecule has 0 aromatic carbocycles. The maximum Gasteiger partial charge on any atom is 0.433 e. The van der Waals surface area contributed by atoms with Gasteiger partial charge in [-0.05, 0) is 50.2 Å². The summed E-state index contributed by atoms with van der Waals surface area (Å²) in [6.45, 7) is 3.76. The number of rotatable bonds is 9. The van der Waals surface area contributed by atoms with Gasteiger partial charge in [0.25, 0.3) is 5.92 Å². The molecule has 294 valence electrons. The van der Waals surface area contributed by atoms with Crippen LogP contribution in [-0.4, -0.2) is 64.9 Å². The Balaban J connectivity index is 0.000000192. The zero-order valence-corrected chi connectivity index (χ0v) is 29.8. The first-order valence-corrected chi connectivity index (χ1v) is 17.2. The average Bonchev–Trinajstić information content (AvgIpc) is 3.15.